The number of hydrogen-bond donors (Lipinski definition) is 4. The quantitative estimate of drug-likeness (QED) is 0.386. The van der Waals surface area contributed by atoms with E-state index in [4.69, 9.17) is 15.9 Å². The lowest BCUT2D eigenvalue weighted by Gasteiger charge is -2.06. The first-order valence-electron chi connectivity index (χ1n) is 5.14. The third-order valence-corrected chi connectivity index (χ3v) is 3.32. The zero-order valence-electron chi connectivity index (χ0n) is 9.63. The molecule has 5 N–H and O–H groups in total. The summed E-state index contributed by atoms with van der Waals surface area (Å²) in [6, 6.07) is -1.06. The molecule has 0 bridgehead atoms. The Labute approximate surface area is 106 Å². The third kappa shape index (κ3) is 8.65. The van der Waals surface area contributed by atoms with Gasteiger partial charge >= 0.3 is 11.9 Å². The highest BCUT2D eigenvalue weighted by molar-refractivity contribution is 7.84. The molecule has 0 fully saturated rings. The molecular weight excluding hydrogens is 264 g/mol. The first kappa shape index (κ1) is 16.5. The Morgan fingerprint density at radius 3 is 2.33 bits per heavy atom. The van der Waals surface area contributed by atoms with Crippen LogP contribution in [-0.2, 0) is 25.2 Å². The molecule has 0 heterocycles. The molecule has 1 amide bonds. The minimum Gasteiger partial charge on any atom is -0.480 e. The van der Waals surface area contributed by atoms with E-state index in [0.29, 0.717) is 0 Å². The van der Waals surface area contributed by atoms with Crippen molar-refractivity contribution in [1.82, 2.24) is 5.32 Å². The van der Waals surface area contributed by atoms with Crippen molar-refractivity contribution in [3.05, 3.63) is 0 Å². The van der Waals surface area contributed by atoms with Gasteiger partial charge in [-0.15, -0.1) is 0 Å². The maximum Gasteiger partial charge on any atom is 0.322 e. The lowest BCUT2D eigenvalue weighted by atomic mass is 10.2. The van der Waals surface area contributed by atoms with Gasteiger partial charge in [0.05, 0.1) is 0 Å². The number of aliphatic carboxylic acids is 2. The summed E-state index contributed by atoms with van der Waals surface area (Å²) in [6.07, 6.45) is 0.000883. The van der Waals surface area contributed by atoms with Gasteiger partial charge < -0.3 is 21.3 Å². The highest BCUT2D eigenvalue weighted by Gasteiger charge is 2.13. The minimum atomic E-state index is -1.34. The second kappa shape index (κ2) is 8.59. The number of amides is 1. The highest BCUT2D eigenvalue weighted by atomic mass is 32.2. The summed E-state index contributed by atoms with van der Waals surface area (Å²) in [5, 5.41) is 18.9. The summed E-state index contributed by atoms with van der Waals surface area (Å²) in [5.41, 5.74) is 5.22. The fraction of sp³-hybridized carbons (Fsp3) is 0.667. The number of hydrogen-bond acceptors (Lipinski definition) is 5. The van der Waals surface area contributed by atoms with Crippen molar-refractivity contribution in [1.29, 1.82) is 0 Å². The summed E-state index contributed by atoms with van der Waals surface area (Å²) < 4.78 is 11.4. The number of rotatable bonds is 9. The highest BCUT2D eigenvalue weighted by Crippen LogP contribution is 1.95. The van der Waals surface area contributed by atoms with Crippen LogP contribution in [0, 0.1) is 0 Å². The Kier molecular flexibility index (Phi) is 7.88. The fourth-order valence-electron chi connectivity index (χ4n) is 0.953. The lowest BCUT2D eigenvalue weighted by molar-refractivity contribution is -0.138. The topological polar surface area (TPSA) is 147 Å². The van der Waals surface area contributed by atoms with Crippen molar-refractivity contribution in [2.45, 2.75) is 18.9 Å². The number of carbonyl (C=O) groups excluding carboxylic acids is 1. The number of nitrogens with one attached hydrogen (secondary N) is 1. The molecule has 9 heteroatoms. The normalized spacial score (nSPS) is 13.6. The van der Waals surface area contributed by atoms with Gasteiger partial charge in [0, 0.05) is 28.7 Å². The second-order valence-electron chi connectivity index (χ2n) is 3.50. The number of nitrogens with two attached hydrogens (primary N) is 1. The molecule has 0 aliphatic heterocycles. The van der Waals surface area contributed by atoms with Gasteiger partial charge in [0.2, 0.25) is 5.91 Å². The van der Waals surface area contributed by atoms with Crippen molar-refractivity contribution >= 4 is 28.6 Å². The maximum absolute atomic E-state index is 11.4. The molecule has 104 valence electrons. The molecule has 0 rings (SSSR count). The Morgan fingerprint density at radius 2 is 1.83 bits per heavy atom. The standard InChI is InChI=1S/C9H16N2O6S/c10-6(9(15)16)1-3-18(17)4-2-7(12)11-5-8(13)14/h6H,1-5,10H2,(H,11,12)(H,13,14)(H,15,16)/t6-,18?/m0/s1. The summed E-state index contributed by atoms with van der Waals surface area (Å²) >= 11 is 0. The lowest BCUT2D eigenvalue weighted by Crippen LogP contribution is -2.32. The molecule has 0 aliphatic carbocycles. The maximum atomic E-state index is 11.4. The van der Waals surface area contributed by atoms with E-state index in [0.717, 1.165) is 0 Å². The van der Waals surface area contributed by atoms with Crippen LogP contribution in [0.3, 0.4) is 0 Å². The van der Waals surface area contributed by atoms with Crippen LogP contribution in [0.2, 0.25) is 0 Å². The van der Waals surface area contributed by atoms with E-state index >= 15 is 0 Å². The number of carboxylic acids is 2. The SMILES string of the molecule is N[C@@H](CCS(=O)CCC(=O)NCC(=O)O)C(=O)O. The van der Waals surface area contributed by atoms with E-state index < -0.39 is 41.2 Å². The summed E-state index contributed by atoms with van der Waals surface area (Å²) in [6.45, 7) is -0.477. The zero-order chi connectivity index (χ0) is 14.1. The number of carboxylic acid groups (broad SMARTS) is 2. The predicted octanol–water partition coefficient (Wildman–Crippen LogP) is -1.87. The molecule has 18 heavy (non-hydrogen) atoms. The van der Waals surface area contributed by atoms with Crippen LogP contribution in [0.25, 0.3) is 0 Å². The Hall–Kier alpha value is -1.48. The molecular formula is C9H16N2O6S. The molecule has 0 aliphatic rings. The average Bonchev–Trinajstić information content (AvgIpc) is 2.30. The second-order valence-corrected chi connectivity index (χ2v) is 5.20. The van der Waals surface area contributed by atoms with Crippen LogP contribution < -0.4 is 11.1 Å². The first-order chi connectivity index (χ1) is 8.32. The Balaban J connectivity index is 3.73. The van der Waals surface area contributed by atoms with Crippen LogP contribution in [0.4, 0.5) is 0 Å². The Morgan fingerprint density at radius 1 is 1.22 bits per heavy atom. The third-order valence-electron chi connectivity index (χ3n) is 1.97. The van der Waals surface area contributed by atoms with Crippen LogP contribution in [-0.4, -0.2) is 56.4 Å². The van der Waals surface area contributed by atoms with E-state index in [9.17, 15) is 18.6 Å². The van der Waals surface area contributed by atoms with E-state index in [2.05, 4.69) is 5.32 Å². The fourth-order valence-corrected chi connectivity index (χ4v) is 2.09. The van der Waals surface area contributed by atoms with Crippen LogP contribution in [0.5, 0.6) is 0 Å². The van der Waals surface area contributed by atoms with Crippen LogP contribution in [0.1, 0.15) is 12.8 Å². The molecule has 0 aromatic rings. The molecule has 0 aromatic heterocycles. The zero-order valence-corrected chi connectivity index (χ0v) is 10.4. The van der Waals surface area contributed by atoms with Crippen molar-refractivity contribution in [2.75, 3.05) is 18.1 Å². The van der Waals surface area contributed by atoms with Gasteiger partial charge in [-0.05, 0) is 6.42 Å². The van der Waals surface area contributed by atoms with E-state index in [1.165, 1.54) is 0 Å². The summed E-state index contributed by atoms with van der Waals surface area (Å²) in [7, 11) is -1.34. The predicted molar refractivity (Wildman–Crippen MR) is 63.4 cm³/mol. The van der Waals surface area contributed by atoms with E-state index in [-0.39, 0.29) is 24.3 Å². The average molecular weight is 280 g/mol. The van der Waals surface area contributed by atoms with Crippen molar-refractivity contribution in [3.63, 3.8) is 0 Å². The van der Waals surface area contributed by atoms with Gasteiger partial charge in [0.15, 0.2) is 0 Å². The smallest absolute Gasteiger partial charge is 0.322 e. The molecule has 0 radical (unpaired) electrons. The molecule has 0 saturated heterocycles. The van der Waals surface area contributed by atoms with Gasteiger partial charge in [-0.1, -0.05) is 0 Å². The molecule has 2 atom stereocenters. The van der Waals surface area contributed by atoms with Crippen LogP contribution in [0.15, 0.2) is 0 Å². The van der Waals surface area contributed by atoms with Gasteiger partial charge in [0.1, 0.15) is 12.6 Å². The molecule has 0 spiro atoms. The molecule has 0 saturated carbocycles. The van der Waals surface area contributed by atoms with Crippen molar-refractivity contribution in [2.24, 2.45) is 5.73 Å². The van der Waals surface area contributed by atoms with Gasteiger partial charge in [0.25, 0.3) is 0 Å². The van der Waals surface area contributed by atoms with Gasteiger partial charge in [-0.3, -0.25) is 18.6 Å². The first-order valence-corrected chi connectivity index (χ1v) is 6.63. The monoisotopic (exact) mass is 280 g/mol. The summed E-state index contributed by atoms with van der Waals surface area (Å²) in [4.78, 5) is 31.6. The molecule has 1 unspecified atom stereocenters. The minimum absolute atomic E-state index is 0.0534. The van der Waals surface area contributed by atoms with Crippen molar-refractivity contribution in [3.8, 4) is 0 Å². The van der Waals surface area contributed by atoms with E-state index in [1.54, 1.807) is 0 Å². The molecule has 0 aromatic carbocycles. The molecule has 8 nitrogen and oxygen atoms in total. The van der Waals surface area contributed by atoms with Gasteiger partial charge in [-0.2, -0.15) is 0 Å². The largest absolute Gasteiger partial charge is 0.480 e. The Bertz CT molecular complexity index is 346. The van der Waals surface area contributed by atoms with Crippen molar-refractivity contribution < 1.29 is 28.8 Å². The van der Waals surface area contributed by atoms with Gasteiger partial charge in [-0.25, -0.2) is 0 Å². The van der Waals surface area contributed by atoms with Crippen LogP contribution >= 0.6 is 0 Å². The summed E-state index contributed by atoms with van der Waals surface area (Å²) in [5.74, 6) is -2.67. The van der Waals surface area contributed by atoms with E-state index in [1.807, 2.05) is 0 Å². The number of carbonyl (C=O) groups is 3.